The molecule has 33 heavy (non-hydrogen) atoms. The van der Waals surface area contributed by atoms with Crippen molar-refractivity contribution in [3.63, 3.8) is 0 Å². The van der Waals surface area contributed by atoms with Gasteiger partial charge >= 0.3 is 0 Å². The first-order valence-corrected chi connectivity index (χ1v) is 11.4. The first-order valence-electron chi connectivity index (χ1n) is 11.4. The second kappa shape index (κ2) is 11.1. The number of ether oxygens (including phenoxy) is 1. The quantitative estimate of drug-likeness (QED) is 0.527. The summed E-state index contributed by atoms with van der Waals surface area (Å²) in [6, 6.07) is 10.2. The lowest BCUT2D eigenvalue weighted by Gasteiger charge is -2.36. The topological polar surface area (TPSA) is 79.8 Å². The SMILES string of the molecule is CCc1nccn1Cc1cc(C#Cc2ccc(N3CCN(CC(O)COC)CC3)cc2)on1. The number of anilines is 1. The maximum atomic E-state index is 9.92. The molecule has 0 bridgehead atoms. The Labute approximate surface area is 194 Å². The normalized spacial score (nSPS) is 15.3. The van der Waals surface area contributed by atoms with Gasteiger partial charge in [-0.3, -0.25) is 4.90 Å². The molecule has 0 spiro atoms. The van der Waals surface area contributed by atoms with Gasteiger partial charge in [0.15, 0.2) is 0 Å². The number of aromatic nitrogens is 3. The Balaban J connectivity index is 1.30. The predicted octanol–water partition coefficient (Wildman–Crippen LogP) is 2.01. The highest BCUT2D eigenvalue weighted by Gasteiger charge is 2.19. The van der Waals surface area contributed by atoms with Crippen LogP contribution in [0.4, 0.5) is 5.69 Å². The van der Waals surface area contributed by atoms with Gasteiger partial charge in [0.05, 0.1) is 19.3 Å². The van der Waals surface area contributed by atoms with E-state index in [1.807, 2.05) is 24.4 Å². The van der Waals surface area contributed by atoms with E-state index in [9.17, 15) is 5.11 Å². The summed E-state index contributed by atoms with van der Waals surface area (Å²) >= 11 is 0. The summed E-state index contributed by atoms with van der Waals surface area (Å²) in [4.78, 5) is 8.97. The van der Waals surface area contributed by atoms with Crippen LogP contribution in [0.1, 0.15) is 29.8 Å². The third kappa shape index (κ3) is 6.23. The van der Waals surface area contributed by atoms with Crippen LogP contribution < -0.4 is 4.90 Å². The van der Waals surface area contributed by atoms with Gasteiger partial charge in [-0.2, -0.15) is 0 Å². The van der Waals surface area contributed by atoms with Crippen molar-refractivity contribution in [2.45, 2.75) is 26.0 Å². The maximum Gasteiger partial charge on any atom is 0.210 e. The van der Waals surface area contributed by atoms with E-state index >= 15 is 0 Å². The largest absolute Gasteiger partial charge is 0.389 e. The molecule has 1 unspecified atom stereocenters. The molecule has 3 aromatic rings. The first kappa shape index (κ1) is 23.1. The molecule has 1 aliphatic rings. The van der Waals surface area contributed by atoms with Crippen LogP contribution in [-0.4, -0.2) is 77.3 Å². The maximum absolute atomic E-state index is 9.92. The Hall–Kier alpha value is -3.12. The van der Waals surface area contributed by atoms with Crippen LogP contribution >= 0.6 is 0 Å². The van der Waals surface area contributed by atoms with Crippen molar-refractivity contribution in [3.8, 4) is 11.8 Å². The van der Waals surface area contributed by atoms with Crippen LogP contribution in [0.25, 0.3) is 0 Å². The van der Waals surface area contributed by atoms with Gasteiger partial charge in [-0.05, 0) is 30.2 Å². The molecule has 0 amide bonds. The molecule has 1 aliphatic heterocycles. The molecule has 0 saturated carbocycles. The van der Waals surface area contributed by atoms with Gasteiger partial charge in [0, 0.05) is 76.0 Å². The molecule has 0 radical (unpaired) electrons. The Morgan fingerprint density at radius 2 is 1.94 bits per heavy atom. The lowest BCUT2D eigenvalue weighted by molar-refractivity contribution is 0.0365. The van der Waals surface area contributed by atoms with Crippen molar-refractivity contribution < 1.29 is 14.4 Å². The molecule has 3 heterocycles. The molecule has 1 N–H and O–H groups in total. The third-order valence-electron chi connectivity index (χ3n) is 5.77. The number of aliphatic hydroxyl groups is 1. The first-order chi connectivity index (χ1) is 16.1. The molecular formula is C25H31N5O3. The molecule has 1 atom stereocenters. The molecule has 8 heteroatoms. The highest BCUT2D eigenvalue weighted by atomic mass is 16.5. The zero-order valence-corrected chi connectivity index (χ0v) is 19.3. The van der Waals surface area contributed by atoms with Crippen LogP contribution in [0, 0.1) is 11.8 Å². The Bertz CT molecular complexity index is 1070. The van der Waals surface area contributed by atoms with E-state index in [0.717, 1.165) is 49.7 Å². The summed E-state index contributed by atoms with van der Waals surface area (Å²) in [6.07, 6.45) is 4.20. The van der Waals surface area contributed by atoms with Crippen LogP contribution in [0.2, 0.25) is 0 Å². The number of β-amino-alcohol motifs (C(OH)–C–C–N with tert-alkyl or cyclic N) is 1. The highest BCUT2D eigenvalue weighted by Crippen LogP contribution is 2.17. The van der Waals surface area contributed by atoms with Crippen molar-refractivity contribution >= 4 is 5.69 Å². The molecule has 0 aliphatic carbocycles. The van der Waals surface area contributed by atoms with Crippen LogP contribution in [0.15, 0.2) is 47.2 Å². The van der Waals surface area contributed by atoms with Gasteiger partial charge in [-0.1, -0.05) is 18.0 Å². The molecule has 8 nitrogen and oxygen atoms in total. The van der Waals surface area contributed by atoms with Crippen molar-refractivity contribution in [1.82, 2.24) is 19.6 Å². The number of benzene rings is 1. The van der Waals surface area contributed by atoms with Crippen LogP contribution in [-0.2, 0) is 17.7 Å². The van der Waals surface area contributed by atoms with E-state index in [1.165, 1.54) is 5.69 Å². The minimum Gasteiger partial charge on any atom is -0.389 e. The Morgan fingerprint density at radius 3 is 2.67 bits per heavy atom. The number of hydrogen-bond donors (Lipinski definition) is 1. The number of aryl methyl sites for hydroxylation is 1. The van der Waals surface area contributed by atoms with E-state index in [1.54, 1.807) is 13.3 Å². The van der Waals surface area contributed by atoms with Gasteiger partial charge in [-0.15, -0.1) is 0 Å². The number of rotatable bonds is 8. The second-order valence-corrected chi connectivity index (χ2v) is 8.20. The Morgan fingerprint density at radius 1 is 1.15 bits per heavy atom. The summed E-state index contributed by atoms with van der Waals surface area (Å²) in [5.41, 5.74) is 2.95. The molecule has 2 aromatic heterocycles. The van der Waals surface area contributed by atoms with Crippen molar-refractivity contribution in [1.29, 1.82) is 0 Å². The zero-order chi connectivity index (χ0) is 23.0. The van der Waals surface area contributed by atoms with E-state index in [4.69, 9.17) is 9.26 Å². The van der Waals surface area contributed by atoms with Gasteiger partial charge in [0.25, 0.3) is 0 Å². The number of methoxy groups -OCH3 is 1. The van der Waals surface area contributed by atoms with Crippen molar-refractivity contribution in [2.24, 2.45) is 0 Å². The Kier molecular flexibility index (Phi) is 7.79. The smallest absolute Gasteiger partial charge is 0.210 e. The average molecular weight is 450 g/mol. The summed E-state index contributed by atoms with van der Waals surface area (Å²) < 4.78 is 12.5. The minimum atomic E-state index is -0.431. The minimum absolute atomic E-state index is 0.377. The highest BCUT2D eigenvalue weighted by molar-refractivity contribution is 5.51. The number of hydrogen-bond acceptors (Lipinski definition) is 7. The zero-order valence-electron chi connectivity index (χ0n) is 19.3. The van der Waals surface area contributed by atoms with Crippen molar-refractivity contribution in [2.75, 3.05) is 51.3 Å². The monoisotopic (exact) mass is 449 g/mol. The molecule has 174 valence electrons. The van der Waals surface area contributed by atoms with E-state index < -0.39 is 6.10 Å². The van der Waals surface area contributed by atoms with Crippen LogP contribution in [0.3, 0.4) is 0 Å². The number of piperazine rings is 1. The predicted molar refractivity (Wildman–Crippen MR) is 126 cm³/mol. The number of aliphatic hydroxyl groups excluding tert-OH is 1. The van der Waals surface area contributed by atoms with Gasteiger partial charge in [-0.25, -0.2) is 4.98 Å². The van der Waals surface area contributed by atoms with Gasteiger partial charge in [0.1, 0.15) is 11.5 Å². The lowest BCUT2D eigenvalue weighted by Crippen LogP contribution is -2.49. The fraction of sp³-hybridized carbons (Fsp3) is 0.440. The molecule has 4 rings (SSSR count). The van der Waals surface area contributed by atoms with E-state index in [2.05, 4.69) is 55.4 Å². The summed E-state index contributed by atoms with van der Waals surface area (Å²) in [6.45, 7) is 7.46. The summed E-state index contributed by atoms with van der Waals surface area (Å²) in [5, 5.41) is 14.0. The number of nitrogens with zero attached hydrogens (tertiary/aromatic N) is 5. The van der Waals surface area contributed by atoms with E-state index in [-0.39, 0.29) is 0 Å². The fourth-order valence-corrected chi connectivity index (χ4v) is 4.04. The second-order valence-electron chi connectivity index (χ2n) is 8.20. The van der Waals surface area contributed by atoms with Gasteiger partial charge < -0.3 is 23.8 Å². The standard InChI is InChI=1S/C25H31N5O3/c1-3-25-26-10-11-30(25)17-21-16-24(33-27-21)9-6-20-4-7-22(8-5-20)29-14-12-28(13-15-29)18-23(31)19-32-2/h4-5,7-8,10-11,16,23,31H,3,12-15,17-19H2,1-2H3. The average Bonchev–Trinajstić information content (AvgIpc) is 3.48. The third-order valence-corrected chi connectivity index (χ3v) is 5.77. The molecule has 1 aromatic carbocycles. The summed E-state index contributed by atoms with van der Waals surface area (Å²) in [7, 11) is 1.61. The van der Waals surface area contributed by atoms with Crippen LogP contribution in [0.5, 0.6) is 0 Å². The molecule has 1 fully saturated rings. The van der Waals surface area contributed by atoms with E-state index in [0.29, 0.717) is 25.5 Å². The summed E-state index contributed by atoms with van der Waals surface area (Å²) in [5.74, 6) is 7.80. The lowest BCUT2D eigenvalue weighted by atomic mass is 10.1. The molecular weight excluding hydrogens is 418 g/mol. The molecule has 1 saturated heterocycles. The van der Waals surface area contributed by atoms with Gasteiger partial charge in [0.2, 0.25) is 5.76 Å². The fourth-order valence-electron chi connectivity index (χ4n) is 4.04. The number of imidazole rings is 1. The van der Waals surface area contributed by atoms with Crippen molar-refractivity contribution in [3.05, 3.63) is 65.6 Å².